The van der Waals surface area contributed by atoms with Crippen LogP contribution in [-0.4, -0.2) is 11.7 Å². The van der Waals surface area contributed by atoms with Crippen LogP contribution < -0.4 is 4.90 Å². The van der Waals surface area contributed by atoms with Crippen molar-refractivity contribution in [1.82, 2.24) is 0 Å². The van der Waals surface area contributed by atoms with E-state index in [9.17, 15) is 9.59 Å². The van der Waals surface area contributed by atoms with Gasteiger partial charge in [-0.05, 0) is 41.7 Å². The number of hydrogen-bond acceptors (Lipinski definition) is 2. The Bertz CT molecular complexity index is 1010. The predicted molar refractivity (Wildman–Crippen MR) is 113 cm³/mol. The first-order valence-electron chi connectivity index (χ1n) is 9.36. The van der Waals surface area contributed by atoms with Crippen LogP contribution in [0.3, 0.4) is 0 Å². The lowest BCUT2D eigenvalue weighted by Gasteiger charge is -2.43. The Kier molecular flexibility index (Phi) is 4.84. The molecule has 5 heteroatoms. The van der Waals surface area contributed by atoms with Crippen LogP contribution in [0.15, 0.2) is 59.8 Å². The van der Waals surface area contributed by atoms with E-state index < -0.39 is 0 Å². The maximum Gasteiger partial charge on any atom is 0.232 e. The van der Waals surface area contributed by atoms with E-state index in [0.29, 0.717) is 34.1 Å². The summed E-state index contributed by atoms with van der Waals surface area (Å²) in [5, 5.41) is 1.14. The van der Waals surface area contributed by atoms with Gasteiger partial charge in [-0.25, -0.2) is 0 Å². The normalized spacial score (nSPS) is 21.7. The third kappa shape index (κ3) is 3.38. The number of Topliss-reactive ketones (excluding diaryl/α,β-unsaturated/α-hetero) is 1. The fraction of sp³-hybridized carbons (Fsp3) is 0.304. The van der Waals surface area contributed by atoms with E-state index in [1.165, 1.54) is 0 Å². The number of carbonyl (C=O) groups is 2. The second kappa shape index (κ2) is 7.06. The zero-order valence-corrected chi connectivity index (χ0v) is 17.3. The fourth-order valence-electron chi connectivity index (χ4n) is 4.35. The number of rotatable bonds is 2. The molecule has 0 fully saturated rings. The van der Waals surface area contributed by atoms with Crippen LogP contribution in [0, 0.1) is 5.41 Å². The lowest BCUT2D eigenvalue weighted by atomic mass is 9.69. The Morgan fingerprint density at radius 3 is 2.46 bits per heavy atom. The number of hydrogen-bond donors (Lipinski definition) is 0. The predicted octanol–water partition coefficient (Wildman–Crippen LogP) is 6.16. The summed E-state index contributed by atoms with van der Waals surface area (Å²) in [6.07, 6.45) is 1.32. The Morgan fingerprint density at radius 2 is 1.75 bits per heavy atom. The number of carbonyl (C=O) groups excluding carboxylic acids is 2. The highest BCUT2D eigenvalue weighted by atomic mass is 35.5. The lowest BCUT2D eigenvalue weighted by Crippen LogP contribution is -2.43. The van der Waals surface area contributed by atoms with Gasteiger partial charge in [-0.2, -0.15) is 0 Å². The van der Waals surface area contributed by atoms with Crippen LogP contribution in [0.25, 0.3) is 0 Å². The average molecular weight is 414 g/mol. The molecule has 4 rings (SSSR count). The van der Waals surface area contributed by atoms with Gasteiger partial charge in [-0.15, -0.1) is 0 Å². The van der Waals surface area contributed by atoms with Gasteiger partial charge in [0.05, 0.1) is 5.69 Å². The van der Waals surface area contributed by atoms with Crippen molar-refractivity contribution in [2.24, 2.45) is 5.41 Å². The summed E-state index contributed by atoms with van der Waals surface area (Å²) in [5.74, 6) is -0.262. The Hall–Kier alpha value is -2.10. The summed E-state index contributed by atoms with van der Waals surface area (Å²) in [7, 11) is 0. The molecule has 1 atom stereocenters. The minimum absolute atomic E-state index is 0.0450. The van der Waals surface area contributed by atoms with Crippen molar-refractivity contribution in [2.75, 3.05) is 4.90 Å². The van der Waals surface area contributed by atoms with Crippen LogP contribution in [0.2, 0.25) is 10.0 Å². The molecule has 144 valence electrons. The van der Waals surface area contributed by atoms with Gasteiger partial charge in [0.25, 0.3) is 0 Å². The van der Waals surface area contributed by atoms with Crippen molar-refractivity contribution in [2.45, 2.75) is 39.0 Å². The van der Waals surface area contributed by atoms with Crippen molar-refractivity contribution < 1.29 is 9.59 Å². The number of amides is 1. The van der Waals surface area contributed by atoms with E-state index in [1.54, 1.807) is 17.0 Å². The first-order valence-corrected chi connectivity index (χ1v) is 10.1. The van der Waals surface area contributed by atoms with E-state index in [1.807, 2.05) is 36.4 Å². The third-order valence-corrected chi connectivity index (χ3v) is 6.07. The van der Waals surface area contributed by atoms with E-state index >= 15 is 0 Å². The van der Waals surface area contributed by atoms with Gasteiger partial charge >= 0.3 is 0 Å². The molecule has 0 radical (unpaired) electrons. The van der Waals surface area contributed by atoms with Gasteiger partial charge in [-0.3, -0.25) is 14.5 Å². The lowest BCUT2D eigenvalue weighted by molar-refractivity contribution is -0.121. The highest BCUT2D eigenvalue weighted by molar-refractivity contribution is 6.31. The molecule has 2 aromatic carbocycles. The summed E-state index contributed by atoms with van der Waals surface area (Å²) >= 11 is 12.6. The molecular formula is C23H21Cl2NO2. The molecule has 28 heavy (non-hydrogen) atoms. The molecule has 1 heterocycles. The molecule has 2 aromatic rings. The highest BCUT2D eigenvalue weighted by Crippen LogP contribution is 2.49. The molecule has 1 unspecified atom stereocenters. The Labute approximate surface area is 174 Å². The zero-order valence-electron chi connectivity index (χ0n) is 15.8. The second-order valence-corrected chi connectivity index (χ2v) is 9.13. The van der Waals surface area contributed by atoms with Gasteiger partial charge < -0.3 is 0 Å². The molecule has 0 saturated carbocycles. The topological polar surface area (TPSA) is 37.4 Å². The molecule has 0 spiro atoms. The van der Waals surface area contributed by atoms with Crippen LogP contribution in [-0.2, 0) is 9.59 Å². The number of benzene rings is 2. The zero-order chi connectivity index (χ0) is 20.1. The SMILES string of the molecule is CC1(C)CC(=O)C2=C(C1)N(c1cccc(Cl)c1)C(=O)CC2c1ccccc1Cl. The Morgan fingerprint density at radius 1 is 1.00 bits per heavy atom. The molecule has 0 N–H and O–H groups in total. The van der Waals surface area contributed by atoms with Gasteiger partial charge in [0.15, 0.2) is 5.78 Å². The number of halogens is 2. The first-order chi connectivity index (χ1) is 13.3. The van der Waals surface area contributed by atoms with Crippen LogP contribution >= 0.6 is 23.2 Å². The molecule has 0 saturated heterocycles. The first kappa shape index (κ1) is 19.2. The molecule has 1 amide bonds. The Balaban J connectivity index is 1.93. The van der Waals surface area contributed by atoms with Crippen molar-refractivity contribution in [1.29, 1.82) is 0 Å². The third-order valence-electron chi connectivity index (χ3n) is 5.49. The van der Waals surface area contributed by atoms with E-state index in [2.05, 4.69) is 13.8 Å². The van der Waals surface area contributed by atoms with Crippen molar-refractivity contribution in [3.05, 3.63) is 75.4 Å². The highest BCUT2D eigenvalue weighted by Gasteiger charge is 2.44. The van der Waals surface area contributed by atoms with E-state index in [-0.39, 0.29) is 29.4 Å². The number of allylic oxidation sites excluding steroid dienone is 2. The van der Waals surface area contributed by atoms with E-state index in [4.69, 9.17) is 23.2 Å². The molecule has 2 aliphatic rings. The summed E-state index contributed by atoms with van der Waals surface area (Å²) < 4.78 is 0. The molecule has 1 aliphatic heterocycles. The maximum atomic E-state index is 13.3. The molecule has 0 bridgehead atoms. The van der Waals surface area contributed by atoms with Gasteiger partial charge in [-0.1, -0.05) is 61.3 Å². The molecular weight excluding hydrogens is 393 g/mol. The average Bonchev–Trinajstić information content (AvgIpc) is 2.60. The summed E-state index contributed by atoms with van der Waals surface area (Å²) in [5.41, 5.74) is 2.82. The second-order valence-electron chi connectivity index (χ2n) is 8.29. The van der Waals surface area contributed by atoms with Gasteiger partial charge in [0.2, 0.25) is 5.91 Å². The molecule has 1 aliphatic carbocycles. The molecule has 3 nitrogen and oxygen atoms in total. The maximum absolute atomic E-state index is 13.3. The van der Waals surface area contributed by atoms with Crippen molar-refractivity contribution >= 4 is 40.6 Å². The van der Waals surface area contributed by atoms with Crippen molar-refractivity contribution in [3.63, 3.8) is 0 Å². The van der Waals surface area contributed by atoms with E-state index in [0.717, 1.165) is 11.3 Å². The quantitative estimate of drug-likeness (QED) is 0.591. The van der Waals surface area contributed by atoms with Crippen LogP contribution in [0.5, 0.6) is 0 Å². The summed E-state index contributed by atoms with van der Waals surface area (Å²) in [4.78, 5) is 28.2. The summed E-state index contributed by atoms with van der Waals surface area (Å²) in [6, 6.07) is 14.7. The fourth-order valence-corrected chi connectivity index (χ4v) is 4.81. The minimum Gasteiger partial charge on any atom is -0.294 e. The van der Waals surface area contributed by atoms with Gasteiger partial charge in [0.1, 0.15) is 0 Å². The smallest absolute Gasteiger partial charge is 0.232 e. The number of anilines is 1. The standard InChI is InChI=1S/C23H21Cl2NO2/c1-23(2)12-19-22(20(27)13-23)17(16-8-3-4-9-18(16)25)11-21(28)26(19)15-7-5-6-14(24)10-15/h3-10,17H,11-13H2,1-2H3. The van der Waals surface area contributed by atoms with Gasteiger partial charge in [0, 0.05) is 40.1 Å². The number of nitrogens with zero attached hydrogens (tertiary/aromatic N) is 1. The van der Waals surface area contributed by atoms with Crippen molar-refractivity contribution in [3.8, 4) is 0 Å². The monoisotopic (exact) mass is 413 g/mol. The summed E-state index contributed by atoms with van der Waals surface area (Å²) in [6.45, 7) is 4.13. The van der Waals surface area contributed by atoms with Crippen LogP contribution in [0.1, 0.15) is 44.6 Å². The molecule has 0 aromatic heterocycles. The largest absolute Gasteiger partial charge is 0.294 e. The number of ketones is 1. The van der Waals surface area contributed by atoms with Crippen LogP contribution in [0.4, 0.5) is 5.69 Å². The minimum atomic E-state index is -0.310.